The summed E-state index contributed by atoms with van der Waals surface area (Å²) in [6.07, 6.45) is 3.45. The van der Waals surface area contributed by atoms with Crippen molar-refractivity contribution in [2.45, 2.75) is 25.4 Å². The van der Waals surface area contributed by atoms with E-state index in [9.17, 15) is 9.59 Å². The summed E-state index contributed by atoms with van der Waals surface area (Å²) >= 11 is 5.83. The zero-order chi connectivity index (χ0) is 14.8. The first-order valence-corrected chi connectivity index (χ1v) is 7.11. The van der Waals surface area contributed by atoms with Crippen LogP contribution in [0.15, 0.2) is 41.5 Å². The van der Waals surface area contributed by atoms with Gasteiger partial charge in [-0.05, 0) is 25.0 Å². The molecule has 0 aliphatic heterocycles. The summed E-state index contributed by atoms with van der Waals surface area (Å²) in [5.74, 6) is -0.152. The smallest absolute Gasteiger partial charge is 0.254 e. The highest BCUT2D eigenvalue weighted by Crippen LogP contribution is 2.19. The van der Waals surface area contributed by atoms with E-state index in [0.717, 1.165) is 18.4 Å². The zero-order valence-corrected chi connectivity index (χ0v) is 12.0. The van der Waals surface area contributed by atoms with E-state index in [-0.39, 0.29) is 24.1 Å². The molecule has 0 saturated heterocycles. The molecule has 21 heavy (non-hydrogen) atoms. The lowest BCUT2D eigenvalue weighted by molar-refractivity contribution is -0.121. The largest absolute Gasteiger partial charge is 0.352 e. The van der Waals surface area contributed by atoms with Crippen molar-refractivity contribution in [1.82, 2.24) is 14.9 Å². The highest BCUT2D eigenvalue weighted by atomic mass is 35.5. The summed E-state index contributed by atoms with van der Waals surface area (Å²) in [6, 6.07) is 8.80. The Morgan fingerprint density at radius 1 is 1.33 bits per heavy atom. The second-order valence-electron chi connectivity index (χ2n) is 5.09. The van der Waals surface area contributed by atoms with E-state index in [0.29, 0.717) is 10.7 Å². The molecule has 0 radical (unpaired) electrons. The Morgan fingerprint density at radius 3 is 2.67 bits per heavy atom. The van der Waals surface area contributed by atoms with E-state index in [1.807, 2.05) is 0 Å². The number of benzene rings is 1. The molecule has 2 aromatic rings. The average Bonchev–Trinajstić information content (AvgIpc) is 3.26. The van der Waals surface area contributed by atoms with Gasteiger partial charge >= 0.3 is 0 Å². The maximum absolute atomic E-state index is 12.0. The summed E-state index contributed by atoms with van der Waals surface area (Å²) in [5, 5.41) is 3.47. The molecule has 5 nitrogen and oxygen atoms in total. The molecule has 6 heteroatoms. The Kier molecular flexibility index (Phi) is 3.75. The Morgan fingerprint density at radius 2 is 2.05 bits per heavy atom. The molecule has 1 aromatic heterocycles. The molecule has 1 heterocycles. The van der Waals surface area contributed by atoms with Gasteiger partial charge in [0.25, 0.3) is 5.56 Å². The van der Waals surface area contributed by atoms with E-state index < -0.39 is 0 Å². The van der Waals surface area contributed by atoms with E-state index in [1.165, 1.54) is 17.0 Å². The lowest BCUT2D eigenvalue weighted by Crippen LogP contribution is -2.33. The van der Waals surface area contributed by atoms with E-state index >= 15 is 0 Å². The number of rotatable bonds is 4. The number of hydrogen-bond donors (Lipinski definition) is 1. The van der Waals surface area contributed by atoms with Gasteiger partial charge in [0.15, 0.2) is 0 Å². The molecular weight excluding hydrogens is 290 g/mol. The van der Waals surface area contributed by atoms with Crippen LogP contribution in [0.3, 0.4) is 0 Å². The van der Waals surface area contributed by atoms with Gasteiger partial charge in [-0.15, -0.1) is 0 Å². The topological polar surface area (TPSA) is 64.0 Å². The van der Waals surface area contributed by atoms with Crippen LogP contribution in [0.4, 0.5) is 0 Å². The molecule has 1 aliphatic rings. The second kappa shape index (κ2) is 5.69. The highest BCUT2D eigenvalue weighted by Gasteiger charge is 2.23. The summed E-state index contributed by atoms with van der Waals surface area (Å²) < 4.78 is 1.30. The third-order valence-electron chi connectivity index (χ3n) is 3.28. The summed E-state index contributed by atoms with van der Waals surface area (Å²) in [7, 11) is 0. The molecule has 108 valence electrons. The second-order valence-corrected chi connectivity index (χ2v) is 5.53. The van der Waals surface area contributed by atoms with Gasteiger partial charge in [0.05, 0.1) is 12.0 Å². The number of nitrogens with zero attached hydrogens (tertiary/aromatic N) is 2. The van der Waals surface area contributed by atoms with Crippen LogP contribution < -0.4 is 10.9 Å². The number of carbonyl (C=O) groups is 1. The van der Waals surface area contributed by atoms with Gasteiger partial charge < -0.3 is 5.32 Å². The fourth-order valence-electron chi connectivity index (χ4n) is 1.98. The van der Waals surface area contributed by atoms with Crippen LogP contribution in [0.25, 0.3) is 11.3 Å². The Bertz CT molecular complexity index is 720. The van der Waals surface area contributed by atoms with Crippen LogP contribution in [-0.4, -0.2) is 21.5 Å². The first-order valence-electron chi connectivity index (χ1n) is 6.73. The number of nitrogens with one attached hydrogen (secondary N) is 1. The van der Waals surface area contributed by atoms with Crippen molar-refractivity contribution in [3.8, 4) is 11.3 Å². The standard InChI is InChI=1S/C15H14ClN3O2/c16-11-3-1-10(2-4-11)13-7-15(21)19(9-17-13)8-14(20)18-12-5-6-12/h1-4,7,9,12H,5-6,8H2,(H,18,20). The van der Waals surface area contributed by atoms with Gasteiger partial charge in [-0.3, -0.25) is 14.2 Å². The van der Waals surface area contributed by atoms with Crippen molar-refractivity contribution >= 4 is 17.5 Å². The van der Waals surface area contributed by atoms with Crippen LogP contribution in [0.2, 0.25) is 5.02 Å². The summed E-state index contributed by atoms with van der Waals surface area (Å²) in [4.78, 5) is 28.0. The summed E-state index contributed by atoms with van der Waals surface area (Å²) in [5.41, 5.74) is 1.13. The molecule has 1 N–H and O–H groups in total. The van der Waals surface area contributed by atoms with E-state index in [4.69, 9.17) is 11.6 Å². The minimum Gasteiger partial charge on any atom is -0.352 e. The molecule has 0 unspecified atom stereocenters. The predicted octanol–water partition coefficient (Wildman–Crippen LogP) is 1.84. The molecule has 0 bridgehead atoms. The van der Waals surface area contributed by atoms with Gasteiger partial charge in [0.2, 0.25) is 5.91 Å². The van der Waals surface area contributed by atoms with Gasteiger partial charge in [-0.2, -0.15) is 0 Å². The van der Waals surface area contributed by atoms with Crippen molar-refractivity contribution < 1.29 is 4.79 Å². The van der Waals surface area contributed by atoms with Crippen LogP contribution in [0, 0.1) is 0 Å². The Labute approximate surface area is 126 Å². The lowest BCUT2D eigenvalue weighted by Gasteiger charge is -2.07. The molecule has 1 amide bonds. The maximum atomic E-state index is 12.0. The number of aromatic nitrogens is 2. The first-order chi connectivity index (χ1) is 10.1. The molecule has 0 atom stereocenters. The fourth-order valence-corrected chi connectivity index (χ4v) is 2.10. The van der Waals surface area contributed by atoms with Gasteiger partial charge in [-0.25, -0.2) is 4.98 Å². The third kappa shape index (κ3) is 3.49. The third-order valence-corrected chi connectivity index (χ3v) is 3.53. The minimum absolute atomic E-state index is 0.00321. The van der Waals surface area contributed by atoms with Crippen molar-refractivity contribution in [3.05, 3.63) is 52.0 Å². The normalized spacial score (nSPS) is 14.0. The van der Waals surface area contributed by atoms with Crippen molar-refractivity contribution in [2.75, 3.05) is 0 Å². The van der Waals surface area contributed by atoms with Gasteiger partial charge in [0.1, 0.15) is 6.54 Å². The van der Waals surface area contributed by atoms with Crippen LogP contribution in [0.5, 0.6) is 0 Å². The molecule has 0 spiro atoms. The highest BCUT2D eigenvalue weighted by molar-refractivity contribution is 6.30. The number of halogens is 1. The molecule has 3 rings (SSSR count). The van der Waals surface area contributed by atoms with Gasteiger partial charge in [0, 0.05) is 22.7 Å². The Hall–Kier alpha value is -2.14. The van der Waals surface area contributed by atoms with E-state index in [2.05, 4.69) is 10.3 Å². The molecule has 1 fully saturated rings. The molecule has 1 saturated carbocycles. The lowest BCUT2D eigenvalue weighted by atomic mass is 10.1. The van der Waals surface area contributed by atoms with Crippen LogP contribution >= 0.6 is 11.6 Å². The quantitative estimate of drug-likeness (QED) is 0.937. The summed E-state index contributed by atoms with van der Waals surface area (Å²) in [6.45, 7) is 0.00321. The predicted molar refractivity (Wildman–Crippen MR) is 80.1 cm³/mol. The monoisotopic (exact) mass is 303 g/mol. The van der Waals surface area contributed by atoms with Crippen molar-refractivity contribution in [1.29, 1.82) is 0 Å². The molecular formula is C15H14ClN3O2. The maximum Gasteiger partial charge on any atom is 0.254 e. The van der Waals surface area contributed by atoms with Crippen molar-refractivity contribution in [3.63, 3.8) is 0 Å². The van der Waals surface area contributed by atoms with Gasteiger partial charge in [-0.1, -0.05) is 23.7 Å². The van der Waals surface area contributed by atoms with Crippen LogP contribution in [-0.2, 0) is 11.3 Å². The number of amides is 1. The van der Waals surface area contributed by atoms with Crippen LogP contribution in [0.1, 0.15) is 12.8 Å². The van der Waals surface area contributed by atoms with E-state index in [1.54, 1.807) is 24.3 Å². The zero-order valence-electron chi connectivity index (χ0n) is 11.3. The SMILES string of the molecule is O=C(Cn1cnc(-c2ccc(Cl)cc2)cc1=O)NC1CC1. The molecule has 1 aliphatic carbocycles. The first kappa shape index (κ1) is 13.8. The fraction of sp³-hybridized carbons (Fsp3) is 0.267. The average molecular weight is 304 g/mol. The molecule has 1 aromatic carbocycles. The Balaban J connectivity index is 1.77. The number of hydrogen-bond acceptors (Lipinski definition) is 3. The van der Waals surface area contributed by atoms with Crippen molar-refractivity contribution in [2.24, 2.45) is 0 Å². The minimum atomic E-state index is -0.249. The number of carbonyl (C=O) groups excluding carboxylic acids is 1.